The van der Waals surface area contributed by atoms with Crippen LogP contribution in [0.1, 0.15) is 46.0 Å². The maximum Gasteiger partial charge on any atom is 0.345 e. The summed E-state index contributed by atoms with van der Waals surface area (Å²) in [6, 6.07) is 9.38. The Balaban J connectivity index is 0.000000804. The summed E-state index contributed by atoms with van der Waals surface area (Å²) in [5, 5.41) is 0. The minimum atomic E-state index is -4.94. The summed E-state index contributed by atoms with van der Waals surface area (Å²) in [4.78, 5) is 25.3. The second kappa shape index (κ2) is 11.0. The number of esters is 2. The molecule has 0 amide bonds. The van der Waals surface area contributed by atoms with Gasteiger partial charge in [0.25, 0.3) is 0 Å². The Morgan fingerprint density at radius 2 is 1.23 bits per heavy atom. The van der Waals surface area contributed by atoms with Crippen LogP contribution >= 0.6 is 0 Å². The van der Waals surface area contributed by atoms with Crippen LogP contribution < -0.4 is 23.2 Å². The number of carbonyl (C=O) groups is 2. The van der Waals surface area contributed by atoms with Gasteiger partial charge in [-0.25, -0.2) is 32.8 Å². The molecule has 0 unspecified atom stereocenters. The van der Waals surface area contributed by atoms with E-state index >= 15 is 0 Å². The van der Waals surface area contributed by atoms with Crippen molar-refractivity contribution in [3.05, 3.63) is 52.8 Å². The first-order chi connectivity index (χ1) is 13.9. The van der Waals surface area contributed by atoms with E-state index < -0.39 is 22.2 Å². The standard InChI is InChI=1S/C20H24NO4.ClHO4/c1-6-24-19(22)16-13(3)21(5)14(4)17(20(23)25-7-2)18(16)15-11-9-8-10-12-15;2-1(3,4)5/h8-12H,6-7H2,1-5H3;(H,2,3,4,5)/q+1;/p-1. The summed E-state index contributed by atoms with van der Waals surface area (Å²) in [5.41, 5.74) is 3.60. The highest BCUT2D eigenvalue weighted by atomic mass is 35.7. The fraction of sp³-hybridized carbons (Fsp3) is 0.350. The molecule has 164 valence electrons. The van der Waals surface area contributed by atoms with Gasteiger partial charge in [-0.15, -0.1) is 10.2 Å². The second-order valence-corrected chi connectivity index (χ2v) is 6.80. The van der Waals surface area contributed by atoms with Crippen LogP contribution in [-0.4, -0.2) is 25.2 Å². The molecule has 0 saturated carbocycles. The van der Waals surface area contributed by atoms with Crippen molar-refractivity contribution in [2.45, 2.75) is 27.7 Å². The highest BCUT2D eigenvalue weighted by Gasteiger charge is 2.33. The molecule has 1 heterocycles. The molecule has 10 heteroatoms. The van der Waals surface area contributed by atoms with E-state index in [2.05, 4.69) is 0 Å². The maximum atomic E-state index is 12.7. The Kier molecular flexibility index (Phi) is 9.34. The molecule has 0 bridgehead atoms. The molecule has 0 aliphatic rings. The molecule has 0 aliphatic heterocycles. The summed E-state index contributed by atoms with van der Waals surface area (Å²) in [6.07, 6.45) is 0. The highest BCUT2D eigenvalue weighted by Crippen LogP contribution is 2.31. The number of hydrogen-bond acceptors (Lipinski definition) is 8. The molecule has 0 fully saturated rings. The summed E-state index contributed by atoms with van der Waals surface area (Å²) in [5.74, 6) is -0.889. The third-order valence-corrected chi connectivity index (χ3v) is 4.25. The summed E-state index contributed by atoms with van der Waals surface area (Å²) in [6.45, 7) is 7.74. The quantitative estimate of drug-likeness (QED) is 0.397. The van der Waals surface area contributed by atoms with Crippen molar-refractivity contribution < 1.29 is 52.5 Å². The number of aromatic nitrogens is 1. The van der Waals surface area contributed by atoms with E-state index in [0.717, 1.165) is 17.0 Å². The van der Waals surface area contributed by atoms with Crippen molar-refractivity contribution >= 4 is 11.9 Å². The van der Waals surface area contributed by atoms with Crippen LogP contribution in [0, 0.1) is 24.1 Å². The number of halogens is 1. The van der Waals surface area contributed by atoms with Crippen molar-refractivity contribution in [3.63, 3.8) is 0 Å². The average Bonchev–Trinajstić information content (AvgIpc) is 2.65. The van der Waals surface area contributed by atoms with E-state index in [1.807, 2.05) is 55.8 Å². The monoisotopic (exact) mass is 441 g/mol. The van der Waals surface area contributed by atoms with Crippen LogP contribution in [0.25, 0.3) is 11.1 Å². The Labute approximate surface area is 176 Å². The van der Waals surface area contributed by atoms with Gasteiger partial charge in [0.1, 0.15) is 18.2 Å². The Hall–Kier alpha value is -2.56. The Bertz CT molecular complexity index is 843. The number of hydrogen-bond donors (Lipinski definition) is 0. The smallest absolute Gasteiger partial charge is 0.345 e. The fourth-order valence-corrected chi connectivity index (χ4v) is 2.87. The lowest BCUT2D eigenvalue weighted by Gasteiger charge is -2.17. The average molecular weight is 442 g/mol. The first-order valence-electron chi connectivity index (χ1n) is 8.98. The second-order valence-electron chi connectivity index (χ2n) is 6.04. The van der Waals surface area contributed by atoms with Crippen LogP contribution in [0.15, 0.2) is 30.3 Å². The van der Waals surface area contributed by atoms with Crippen LogP contribution in [0.2, 0.25) is 0 Å². The van der Waals surface area contributed by atoms with Crippen molar-refractivity contribution in [2.24, 2.45) is 7.05 Å². The molecule has 0 radical (unpaired) electrons. The van der Waals surface area contributed by atoms with E-state index in [0.29, 0.717) is 16.7 Å². The highest BCUT2D eigenvalue weighted by molar-refractivity contribution is 6.06. The van der Waals surface area contributed by atoms with Gasteiger partial charge in [0.05, 0.1) is 13.2 Å². The van der Waals surface area contributed by atoms with E-state index in [1.165, 1.54) is 0 Å². The van der Waals surface area contributed by atoms with Gasteiger partial charge in [-0.2, -0.15) is 0 Å². The lowest BCUT2D eigenvalue weighted by atomic mass is 9.92. The van der Waals surface area contributed by atoms with Gasteiger partial charge in [0.15, 0.2) is 11.4 Å². The van der Waals surface area contributed by atoms with Crippen LogP contribution in [-0.2, 0) is 16.5 Å². The molecule has 2 aromatic rings. The van der Waals surface area contributed by atoms with Crippen molar-refractivity contribution in [1.29, 1.82) is 0 Å². The van der Waals surface area contributed by atoms with Crippen molar-refractivity contribution in [3.8, 4) is 11.1 Å². The largest absolute Gasteiger partial charge is 0.462 e. The number of rotatable bonds is 5. The molecule has 1 aromatic heterocycles. The third-order valence-electron chi connectivity index (χ3n) is 4.25. The zero-order chi connectivity index (χ0) is 23.1. The zero-order valence-electron chi connectivity index (χ0n) is 17.4. The molecule has 0 saturated heterocycles. The predicted molar refractivity (Wildman–Crippen MR) is 94.4 cm³/mol. The molecule has 30 heavy (non-hydrogen) atoms. The lowest BCUT2D eigenvalue weighted by Crippen LogP contribution is -2.68. The van der Waals surface area contributed by atoms with E-state index in [1.54, 1.807) is 13.8 Å². The van der Waals surface area contributed by atoms with E-state index in [-0.39, 0.29) is 13.2 Å². The van der Waals surface area contributed by atoms with Gasteiger partial charge in [0, 0.05) is 19.4 Å². The van der Waals surface area contributed by atoms with Gasteiger partial charge >= 0.3 is 11.9 Å². The third kappa shape index (κ3) is 6.75. The molecule has 0 N–H and O–H groups in total. The molecule has 0 aliphatic carbocycles. The molecule has 0 spiro atoms. The number of pyridine rings is 1. The zero-order valence-corrected chi connectivity index (χ0v) is 18.1. The first kappa shape index (κ1) is 25.5. The summed E-state index contributed by atoms with van der Waals surface area (Å²) < 4.78 is 46.3. The first-order valence-corrected chi connectivity index (χ1v) is 10.2. The van der Waals surface area contributed by atoms with E-state index in [4.69, 9.17) is 28.1 Å². The molecular formula is C20H24ClNO8. The summed E-state index contributed by atoms with van der Waals surface area (Å²) >= 11 is 0. The number of carbonyl (C=O) groups excluding carboxylic acids is 2. The van der Waals surface area contributed by atoms with Crippen molar-refractivity contribution in [1.82, 2.24) is 0 Å². The fourth-order valence-electron chi connectivity index (χ4n) is 2.87. The molecular weight excluding hydrogens is 418 g/mol. The SMILES string of the molecule is CCOC(=O)c1c(-c2ccccc2)c(C(=O)OCC)c(C)[n+](C)c1C.[O-][Cl+3]([O-])([O-])[O-]. The Morgan fingerprint density at radius 1 is 0.867 bits per heavy atom. The van der Waals surface area contributed by atoms with Gasteiger partial charge in [-0.1, -0.05) is 30.3 Å². The van der Waals surface area contributed by atoms with Crippen molar-refractivity contribution in [2.75, 3.05) is 13.2 Å². The van der Waals surface area contributed by atoms with Crippen LogP contribution in [0.3, 0.4) is 0 Å². The van der Waals surface area contributed by atoms with E-state index in [9.17, 15) is 9.59 Å². The normalized spacial score (nSPS) is 10.7. The molecule has 1 aromatic carbocycles. The summed E-state index contributed by atoms with van der Waals surface area (Å²) in [7, 11) is -3.12. The minimum Gasteiger partial charge on any atom is -0.462 e. The number of benzene rings is 1. The van der Waals surface area contributed by atoms with Crippen LogP contribution in [0.4, 0.5) is 0 Å². The van der Waals surface area contributed by atoms with Gasteiger partial charge in [-0.05, 0) is 19.4 Å². The predicted octanol–water partition coefficient (Wildman–Crippen LogP) is -1.61. The topological polar surface area (TPSA) is 149 Å². The molecule has 2 rings (SSSR count). The minimum absolute atomic E-state index is 0.263. The van der Waals surface area contributed by atoms with Gasteiger partial charge in [-0.3, -0.25) is 0 Å². The van der Waals surface area contributed by atoms with Crippen LogP contribution in [0.5, 0.6) is 0 Å². The lowest BCUT2D eigenvalue weighted by molar-refractivity contribution is -2.00. The number of ether oxygens (including phenoxy) is 2. The molecule has 0 atom stereocenters. The molecule has 9 nitrogen and oxygen atoms in total. The Morgan fingerprint density at radius 3 is 1.57 bits per heavy atom. The maximum absolute atomic E-state index is 12.7. The van der Waals surface area contributed by atoms with Gasteiger partial charge < -0.3 is 9.47 Å². The van der Waals surface area contributed by atoms with Gasteiger partial charge in [0.2, 0.25) is 0 Å². The number of nitrogens with zero attached hydrogens (tertiary/aromatic N) is 1.